The van der Waals surface area contributed by atoms with Crippen LogP contribution in [0.15, 0.2) is 53.6 Å². The Morgan fingerprint density at radius 1 is 1.15 bits per heavy atom. The molecule has 3 aromatic rings. The van der Waals surface area contributed by atoms with Crippen LogP contribution in [-0.2, 0) is 6.54 Å². The van der Waals surface area contributed by atoms with Gasteiger partial charge in [0.05, 0.1) is 5.69 Å². The van der Waals surface area contributed by atoms with Gasteiger partial charge in [-0.05, 0) is 42.0 Å². The van der Waals surface area contributed by atoms with E-state index in [0.29, 0.717) is 17.9 Å². The highest BCUT2D eigenvalue weighted by molar-refractivity contribution is 5.94. The number of tetrazole rings is 1. The summed E-state index contributed by atoms with van der Waals surface area (Å²) < 4.78 is 0. The lowest BCUT2D eigenvalue weighted by Crippen LogP contribution is -2.22. The van der Waals surface area contributed by atoms with Crippen LogP contribution < -0.4 is 10.3 Å². The standard InChI is InChI=1S/C19H19N7O/c1-13-10-11-26(23-13)17-8-6-16(7-9-17)19(27)20-12-14-2-4-15(5-3-14)18-21-24-25-22-18/h2-9H,10-12H2,1H3,(H,20,27)(H,21,22,24,25). The largest absolute Gasteiger partial charge is 0.348 e. The molecule has 2 aromatic carbocycles. The molecule has 1 amide bonds. The van der Waals surface area contributed by atoms with Crippen molar-refractivity contribution >= 4 is 17.3 Å². The molecular weight excluding hydrogens is 342 g/mol. The van der Waals surface area contributed by atoms with Crippen molar-refractivity contribution in [1.29, 1.82) is 0 Å². The zero-order chi connectivity index (χ0) is 18.6. The number of anilines is 1. The predicted octanol–water partition coefficient (Wildman–Crippen LogP) is 2.38. The van der Waals surface area contributed by atoms with Gasteiger partial charge in [-0.15, -0.1) is 10.2 Å². The number of amides is 1. The Balaban J connectivity index is 1.35. The number of rotatable bonds is 5. The number of aromatic amines is 1. The molecule has 1 aliphatic rings. The van der Waals surface area contributed by atoms with Crippen LogP contribution in [0.1, 0.15) is 29.3 Å². The average Bonchev–Trinajstić information content (AvgIpc) is 3.39. The molecule has 0 unspecified atom stereocenters. The Hall–Kier alpha value is -3.55. The van der Waals surface area contributed by atoms with Crippen LogP contribution in [0.4, 0.5) is 5.69 Å². The first-order chi connectivity index (χ1) is 13.2. The predicted molar refractivity (Wildman–Crippen MR) is 102 cm³/mol. The zero-order valence-electron chi connectivity index (χ0n) is 14.9. The molecule has 0 aliphatic carbocycles. The molecular formula is C19H19N7O. The number of hydrazone groups is 1. The van der Waals surface area contributed by atoms with Gasteiger partial charge in [0.25, 0.3) is 5.91 Å². The van der Waals surface area contributed by atoms with Gasteiger partial charge in [-0.1, -0.05) is 24.3 Å². The van der Waals surface area contributed by atoms with Gasteiger partial charge in [0.15, 0.2) is 0 Å². The van der Waals surface area contributed by atoms with Crippen LogP contribution in [0.25, 0.3) is 11.4 Å². The molecule has 8 heteroatoms. The third kappa shape index (κ3) is 3.84. The summed E-state index contributed by atoms with van der Waals surface area (Å²) in [7, 11) is 0. The van der Waals surface area contributed by atoms with Gasteiger partial charge in [-0.3, -0.25) is 9.80 Å². The van der Waals surface area contributed by atoms with Crippen molar-refractivity contribution in [3.05, 3.63) is 59.7 Å². The lowest BCUT2D eigenvalue weighted by atomic mass is 10.1. The molecule has 0 saturated heterocycles. The van der Waals surface area contributed by atoms with Gasteiger partial charge >= 0.3 is 0 Å². The van der Waals surface area contributed by atoms with Crippen LogP contribution in [0.3, 0.4) is 0 Å². The molecule has 2 heterocycles. The quantitative estimate of drug-likeness (QED) is 0.727. The molecule has 8 nitrogen and oxygen atoms in total. The number of nitrogens with zero attached hydrogens (tertiary/aromatic N) is 5. The molecule has 0 fully saturated rings. The molecule has 0 saturated carbocycles. The highest BCUT2D eigenvalue weighted by atomic mass is 16.1. The first-order valence-corrected chi connectivity index (χ1v) is 8.72. The second-order valence-electron chi connectivity index (χ2n) is 6.37. The van der Waals surface area contributed by atoms with E-state index < -0.39 is 0 Å². The second kappa shape index (κ2) is 7.36. The number of hydrogen-bond donors (Lipinski definition) is 2. The summed E-state index contributed by atoms with van der Waals surface area (Å²) in [6, 6.07) is 15.2. The molecule has 0 spiro atoms. The maximum absolute atomic E-state index is 12.4. The Morgan fingerprint density at radius 3 is 2.56 bits per heavy atom. The van der Waals surface area contributed by atoms with Crippen LogP contribution in [-0.4, -0.2) is 38.8 Å². The molecule has 27 heavy (non-hydrogen) atoms. The number of H-pyrrole nitrogens is 1. The van der Waals surface area contributed by atoms with Crippen LogP contribution >= 0.6 is 0 Å². The summed E-state index contributed by atoms with van der Waals surface area (Å²) in [6.45, 7) is 3.36. The monoisotopic (exact) mass is 361 g/mol. The Morgan fingerprint density at radius 2 is 1.93 bits per heavy atom. The summed E-state index contributed by atoms with van der Waals surface area (Å²) in [5.41, 5.74) is 4.62. The van der Waals surface area contributed by atoms with Crippen molar-refractivity contribution in [1.82, 2.24) is 25.9 Å². The fourth-order valence-electron chi connectivity index (χ4n) is 2.89. The van der Waals surface area contributed by atoms with E-state index in [-0.39, 0.29) is 5.91 Å². The molecule has 136 valence electrons. The minimum Gasteiger partial charge on any atom is -0.348 e. The first kappa shape index (κ1) is 16.9. The molecule has 4 rings (SSSR count). The summed E-state index contributed by atoms with van der Waals surface area (Å²) in [4.78, 5) is 12.4. The summed E-state index contributed by atoms with van der Waals surface area (Å²) in [6.07, 6.45) is 0.980. The minimum absolute atomic E-state index is 0.107. The normalized spacial score (nSPS) is 13.5. The zero-order valence-corrected chi connectivity index (χ0v) is 14.9. The van der Waals surface area contributed by atoms with Gasteiger partial charge in [0.2, 0.25) is 5.82 Å². The van der Waals surface area contributed by atoms with Gasteiger partial charge in [0.1, 0.15) is 0 Å². The smallest absolute Gasteiger partial charge is 0.251 e. The van der Waals surface area contributed by atoms with E-state index in [2.05, 4.69) is 31.0 Å². The average molecular weight is 361 g/mol. The lowest BCUT2D eigenvalue weighted by Gasteiger charge is -2.14. The van der Waals surface area contributed by atoms with Gasteiger partial charge in [-0.2, -0.15) is 10.3 Å². The highest BCUT2D eigenvalue weighted by Crippen LogP contribution is 2.20. The highest BCUT2D eigenvalue weighted by Gasteiger charge is 2.13. The SMILES string of the molecule is CC1=NN(c2ccc(C(=O)NCc3ccc(-c4nn[nH]n4)cc3)cc2)CC1. The molecule has 1 aromatic heterocycles. The third-order valence-corrected chi connectivity index (χ3v) is 4.41. The maximum atomic E-state index is 12.4. The van der Waals surface area contributed by atoms with E-state index in [1.54, 1.807) is 0 Å². The fourth-order valence-corrected chi connectivity index (χ4v) is 2.89. The Bertz CT molecular complexity index is 947. The second-order valence-corrected chi connectivity index (χ2v) is 6.37. The van der Waals surface area contributed by atoms with E-state index in [1.807, 2.05) is 60.5 Å². The minimum atomic E-state index is -0.107. The van der Waals surface area contributed by atoms with Gasteiger partial charge < -0.3 is 5.32 Å². The molecule has 2 N–H and O–H groups in total. The van der Waals surface area contributed by atoms with Gasteiger partial charge in [0, 0.05) is 36.3 Å². The number of aromatic nitrogens is 4. The number of benzene rings is 2. The lowest BCUT2D eigenvalue weighted by molar-refractivity contribution is 0.0951. The van der Waals surface area contributed by atoms with Crippen molar-refractivity contribution in [2.75, 3.05) is 11.6 Å². The maximum Gasteiger partial charge on any atom is 0.251 e. The summed E-state index contributed by atoms with van der Waals surface area (Å²) in [5.74, 6) is 0.438. The van der Waals surface area contributed by atoms with Crippen LogP contribution in [0, 0.1) is 0 Å². The Labute approximate surface area is 156 Å². The number of hydrogen-bond acceptors (Lipinski definition) is 6. The van der Waals surface area contributed by atoms with Gasteiger partial charge in [-0.25, -0.2) is 0 Å². The van der Waals surface area contributed by atoms with Crippen molar-refractivity contribution in [3.63, 3.8) is 0 Å². The van der Waals surface area contributed by atoms with Crippen molar-refractivity contribution < 1.29 is 4.79 Å². The number of carbonyl (C=O) groups is 1. The van der Waals surface area contributed by atoms with Crippen molar-refractivity contribution in [2.45, 2.75) is 19.9 Å². The number of carbonyl (C=O) groups excluding carboxylic acids is 1. The van der Waals surface area contributed by atoms with Crippen molar-refractivity contribution in [3.8, 4) is 11.4 Å². The van der Waals surface area contributed by atoms with E-state index in [4.69, 9.17) is 0 Å². The van der Waals surface area contributed by atoms with E-state index in [9.17, 15) is 4.79 Å². The first-order valence-electron chi connectivity index (χ1n) is 8.72. The molecule has 0 radical (unpaired) electrons. The van der Waals surface area contributed by atoms with Crippen molar-refractivity contribution in [2.24, 2.45) is 5.10 Å². The summed E-state index contributed by atoms with van der Waals surface area (Å²) in [5, 5.41) is 23.2. The van der Waals surface area contributed by atoms with Crippen LogP contribution in [0.5, 0.6) is 0 Å². The van der Waals surface area contributed by atoms with E-state index >= 15 is 0 Å². The third-order valence-electron chi connectivity index (χ3n) is 4.41. The molecule has 1 aliphatic heterocycles. The Kier molecular flexibility index (Phi) is 4.61. The molecule has 0 bridgehead atoms. The van der Waals surface area contributed by atoms with Crippen LogP contribution in [0.2, 0.25) is 0 Å². The van der Waals surface area contributed by atoms with E-state index in [1.165, 1.54) is 0 Å². The summed E-state index contributed by atoms with van der Waals surface area (Å²) >= 11 is 0. The fraction of sp³-hybridized carbons (Fsp3) is 0.211. The van der Waals surface area contributed by atoms with E-state index in [0.717, 1.165) is 35.5 Å². The molecule has 0 atom stereocenters. The number of nitrogens with one attached hydrogen (secondary N) is 2. The topological polar surface area (TPSA) is 99.2 Å².